The Kier molecular flexibility index (Phi) is 9.22. The first-order chi connectivity index (χ1) is 17.1. The van der Waals surface area contributed by atoms with Crippen molar-refractivity contribution in [1.82, 2.24) is 15.0 Å². The summed E-state index contributed by atoms with van der Waals surface area (Å²) in [5.74, 6) is -57.3. The van der Waals surface area contributed by atoms with Gasteiger partial charge in [-0.2, -0.15) is 79.6 Å². The number of hydrogen-bond acceptors (Lipinski definition) is 4. The highest BCUT2D eigenvalue weighted by molar-refractivity contribution is 7.71. The smallest absolute Gasteiger partial charge is 0.338 e. The lowest BCUT2D eigenvalue weighted by atomic mass is 9.88. The summed E-state index contributed by atoms with van der Waals surface area (Å²) in [6.45, 7) is 0.887. The molecule has 1 rings (SSSR count). The zero-order valence-corrected chi connectivity index (χ0v) is 19.7. The van der Waals surface area contributed by atoms with Gasteiger partial charge in [0.25, 0.3) is 0 Å². The second-order valence-corrected chi connectivity index (χ2v) is 8.25. The monoisotopic (exact) mass is 646 g/mol. The van der Waals surface area contributed by atoms with Crippen molar-refractivity contribution < 1.29 is 74.6 Å². The number of nitrogens with zero attached hydrogens (tertiary/aromatic N) is 2. The fourth-order valence-corrected chi connectivity index (χ4v) is 3.04. The number of nitrogens with one attached hydrogen (secondary N) is 2. The summed E-state index contributed by atoms with van der Waals surface area (Å²) >= 11 is 9.23. The van der Waals surface area contributed by atoms with Crippen LogP contribution < -0.4 is 4.90 Å². The minimum Gasteiger partial charge on any atom is -0.338 e. The number of rotatable bonds is 12. The minimum atomic E-state index is -8.67. The SMILES string of the molecule is C=CCN(CCC(F)(F)C(F)(F)C(F)(F)C(F)(F)C(F)(F)C(F)(F)C(F)(F)C(F)(F)F)c1nc(=S)[nH]c(=S)[nH]1. The Hall–Kier alpha value is -2.20. The lowest BCUT2D eigenvalue weighted by Crippen LogP contribution is -2.74. The maximum atomic E-state index is 14.2. The summed E-state index contributed by atoms with van der Waals surface area (Å²) < 4.78 is 226. The maximum absolute atomic E-state index is 14.2. The molecule has 0 aliphatic heterocycles. The van der Waals surface area contributed by atoms with Gasteiger partial charge in [-0.25, -0.2) is 0 Å². The van der Waals surface area contributed by atoms with Crippen LogP contribution in [-0.2, 0) is 0 Å². The summed E-state index contributed by atoms with van der Waals surface area (Å²) in [7, 11) is 0. The van der Waals surface area contributed by atoms with Gasteiger partial charge in [-0.3, -0.25) is 0 Å². The molecule has 226 valence electrons. The molecule has 1 aromatic heterocycles. The molecule has 0 amide bonds. The van der Waals surface area contributed by atoms with Crippen LogP contribution in [0.2, 0.25) is 0 Å². The first-order valence-electron chi connectivity index (χ1n) is 9.34. The summed E-state index contributed by atoms with van der Waals surface area (Å²) in [6.07, 6.45) is -9.61. The molecule has 0 aliphatic rings. The highest BCUT2D eigenvalue weighted by Crippen LogP contribution is 2.64. The van der Waals surface area contributed by atoms with Gasteiger partial charge >= 0.3 is 47.6 Å². The molecule has 0 bridgehead atoms. The Balaban J connectivity index is 3.51. The number of anilines is 1. The summed E-state index contributed by atoms with van der Waals surface area (Å²) in [5, 5.41) is 0. The van der Waals surface area contributed by atoms with Crippen LogP contribution >= 0.6 is 24.4 Å². The number of alkyl halides is 17. The number of halogens is 17. The van der Waals surface area contributed by atoms with Gasteiger partial charge in [-0.15, -0.1) is 6.58 Å². The molecular weight excluding hydrogens is 635 g/mol. The van der Waals surface area contributed by atoms with Crippen LogP contribution in [0.15, 0.2) is 12.7 Å². The zero-order chi connectivity index (χ0) is 31.3. The largest absolute Gasteiger partial charge is 0.460 e. The molecule has 0 saturated carbocycles. The number of aromatic nitrogens is 3. The van der Waals surface area contributed by atoms with Crippen LogP contribution in [0, 0.1) is 9.54 Å². The normalized spacial score (nSPS) is 14.9. The standard InChI is InChI=1S/C16H11F17N4S2/c1-2-4-37(6-34-7(38)36-8(39)35-6)5-3-9(17,18)10(19,20)11(21,22)12(23,24)13(25,26)14(27,28)15(29,30)16(31,32)33/h2H,1,3-5H2,(H2,34,35,36,38,39). The third kappa shape index (κ3) is 5.56. The van der Waals surface area contributed by atoms with Crippen molar-refractivity contribution in [2.24, 2.45) is 0 Å². The quantitative estimate of drug-likeness (QED) is 0.140. The molecule has 0 radical (unpaired) electrons. The van der Waals surface area contributed by atoms with E-state index in [1.807, 2.05) is 0 Å². The second-order valence-electron chi connectivity index (χ2n) is 7.45. The summed E-state index contributed by atoms with van der Waals surface area (Å²) in [4.78, 5) is 8.26. The van der Waals surface area contributed by atoms with Gasteiger partial charge < -0.3 is 14.9 Å². The number of H-pyrrole nitrogens is 2. The van der Waals surface area contributed by atoms with Crippen molar-refractivity contribution in [3.05, 3.63) is 22.2 Å². The first kappa shape index (κ1) is 34.8. The van der Waals surface area contributed by atoms with Gasteiger partial charge in [0, 0.05) is 19.5 Å². The van der Waals surface area contributed by atoms with Gasteiger partial charge in [0.05, 0.1) is 0 Å². The average Bonchev–Trinajstić information content (AvgIpc) is 2.74. The van der Waals surface area contributed by atoms with E-state index in [-0.39, 0.29) is 4.77 Å². The molecule has 0 unspecified atom stereocenters. The number of hydrogen-bond donors (Lipinski definition) is 2. The molecule has 0 atom stereocenters. The van der Waals surface area contributed by atoms with Gasteiger partial charge in [0.15, 0.2) is 4.77 Å². The summed E-state index contributed by atoms with van der Waals surface area (Å²) in [6, 6.07) is 0. The molecular formula is C16H11F17N4S2. The third-order valence-electron chi connectivity index (χ3n) is 4.79. The molecule has 23 heteroatoms. The molecule has 2 N–H and O–H groups in total. The van der Waals surface area contributed by atoms with Gasteiger partial charge in [-0.05, 0) is 24.4 Å². The van der Waals surface area contributed by atoms with Crippen molar-refractivity contribution in [1.29, 1.82) is 0 Å². The lowest BCUT2D eigenvalue weighted by molar-refractivity contribution is -0.461. The number of aromatic amines is 2. The fraction of sp³-hybridized carbons (Fsp3) is 0.688. The van der Waals surface area contributed by atoms with Gasteiger partial charge in [0.1, 0.15) is 0 Å². The zero-order valence-electron chi connectivity index (χ0n) is 18.0. The van der Waals surface area contributed by atoms with Crippen molar-refractivity contribution in [3.63, 3.8) is 0 Å². The van der Waals surface area contributed by atoms with E-state index < -0.39 is 77.9 Å². The highest BCUT2D eigenvalue weighted by Gasteiger charge is 2.95. The molecule has 0 aromatic carbocycles. The highest BCUT2D eigenvalue weighted by atomic mass is 32.1. The van der Waals surface area contributed by atoms with Crippen LogP contribution in [-0.4, -0.2) is 75.7 Å². The predicted octanol–water partition coefficient (Wildman–Crippen LogP) is 7.59. The van der Waals surface area contributed by atoms with Crippen molar-refractivity contribution in [2.75, 3.05) is 18.0 Å². The van der Waals surface area contributed by atoms with E-state index >= 15 is 0 Å². The Morgan fingerprint density at radius 2 is 1.08 bits per heavy atom. The fourth-order valence-electron chi connectivity index (χ4n) is 2.60. The van der Waals surface area contributed by atoms with Crippen LogP contribution in [0.3, 0.4) is 0 Å². The molecule has 0 fully saturated rings. The topological polar surface area (TPSA) is 47.7 Å². The second kappa shape index (κ2) is 10.3. The molecule has 1 heterocycles. The Labute approximate surface area is 214 Å². The minimum absolute atomic E-state index is 0.360. The molecule has 4 nitrogen and oxygen atoms in total. The van der Waals surface area contributed by atoms with Crippen LogP contribution in [0.5, 0.6) is 0 Å². The van der Waals surface area contributed by atoms with Crippen molar-refractivity contribution in [2.45, 2.75) is 54.1 Å². The molecule has 0 saturated heterocycles. The van der Waals surface area contributed by atoms with Gasteiger partial charge in [-0.1, -0.05) is 6.08 Å². The van der Waals surface area contributed by atoms with E-state index in [0.717, 1.165) is 6.08 Å². The Morgan fingerprint density at radius 3 is 1.46 bits per heavy atom. The van der Waals surface area contributed by atoms with Crippen molar-refractivity contribution in [3.8, 4) is 0 Å². The first-order valence-corrected chi connectivity index (χ1v) is 10.2. The molecule has 1 aromatic rings. The van der Waals surface area contributed by atoms with Crippen LogP contribution in [0.4, 0.5) is 80.6 Å². The van der Waals surface area contributed by atoms with Gasteiger partial charge in [0.2, 0.25) is 10.7 Å². The van der Waals surface area contributed by atoms with E-state index in [9.17, 15) is 74.6 Å². The van der Waals surface area contributed by atoms with E-state index in [1.165, 1.54) is 0 Å². The Morgan fingerprint density at radius 1 is 0.667 bits per heavy atom. The van der Waals surface area contributed by atoms with Crippen molar-refractivity contribution >= 4 is 30.4 Å². The van der Waals surface area contributed by atoms with E-state index in [0.29, 0.717) is 4.90 Å². The van der Waals surface area contributed by atoms with Crippen LogP contribution in [0.25, 0.3) is 0 Å². The predicted molar refractivity (Wildman–Crippen MR) is 102 cm³/mol. The van der Waals surface area contributed by atoms with E-state index in [2.05, 4.69) is 46.0 Å². The van der Waals surface area contributed by atoms with E-state index in [4.69, 9.17) is 0 Å². The molecule has 0 aliphatic carbocycles. The maximum Gasteiger partial charge on any atom is 0.460 e. The lowest BCUT2D eigenvalue weighted by Gasteiger charge is -2.43. The third-order valence-corrected chi connectivity index (χ3v) is 5.18. The Bertz CT molecular complexity index is 1130. The molecule has 39 heavy (non-hydrogen) atoms. The van der Waals surface area contributed by atoms with E-state index in [1.54, 1.807) is 0 Å². The van der Waals surface area contributed by atoms with Crippen LogP contribution in [0.1, 0.15) is 6.42 Å². The molecule has 0 spiro atoms. The summed E-state index contributed by atoms with van der Waals surface area (Å²) in [5.41, 5.74) is 0. The average molecular weight is 646 g/mol.